The van der Waals surface area contributed by atoms with Crippen molar-refractivity contribution in [3.63, 3.8) is 0 Å². The van der Waals surface area contributed by atoms with Crippen LogP contribution >= 0.6 is 11.8 Å². The van der Waals surface area contributed by atoms with E-state index >= 15 is 0 Å². The molecule has 1 rings (SSSR count). The first-order valence-electron chi connectivity index (χ1n) is 4.90. The van der Waals surface area contributed by atoms with Gasteiger partial charge in [-0.3, -0.25) is 0 Å². The second-order valence-corrected chi connectivity index (χ2v) is 6.50. The van der Waals surface area contributed by atoms with E-state index in [-0.39, 0.29) is 10.6 Å². The van der Waals surface area contributed by atoms with Crippen LogP contribution in [0, 0.1) is 5.82 Å². The van der Waals surface area contributed by atoms with Crippen molar-refractivity contribution < 1.29 is 12.8 Å². The minimum atomic E-state index is -3.71. The van der Waals surface area contributed by atoms with Gasteiger partial charge in [-0.1, -0.05) is 0 Å². The zero-order valence-corrected chi connectivity index (χ0v) is 11.3. The third-order valence-electron chi connectivity index (χ3n) is 2.27. The molecule has 0 radical (unpaired) electrons. The topological polar surface area (TPSA) is 63.4 Å². The summed E-state index contributed by atoms with van der Waals surface area (Å²) in [4.78, 5) is -0.180. The fraction of sp³-hybridized carbons (Fsp3) is 0.400. The van der Waals surface area contributed by atoms with Crippen LogP contribution in [0.3, 0.4) is 0 Å². The van der Waals surface area contributed by atoms with Gasteiger partial charge in [0.05, 0.1) is 5.69 Å². The molecule has 96 valence electrons. The summed E-state index contributed by atoms with van der Waals surface area (Å²) in [7, 11) is -2.26. The molecule has 0 aliphatic rings. The fourth-order valence-electron chi connectivity index (χ4n) is 1.24. The lowest BCUT2D eigenvalue weighted by Gasteiger charge is -2.17. The molecule has 2 N–H and O–H groups in total. The van der Waals surface area contributed by atoms with Crippen LogP contribution in [0.4, 0.5) is 10.1 Å². The number of anilines is 1. The van der Waals surface area contributed by atoms with Gasteiger partial charge < -0.3 is 5.73 Å². The molecule has 17 heavy (non-hydrogen) atoms. The van der Waals surface area contributed by atoms with Crippen LogP contribution in [0.15, 0.2) is 23.1 Å². The van der Waals surface area contributed by atoms with Gasteiger partial charge in [-0.15, -0.1) is 0 Å². The highest BCUT2D eigenvalue weighted by atomic mass is 32.2. The SMILES string of the molecule is CSCCN(C)S(=O)(=O)c1cc(F)ccc1N. The van der Waals surface area contributed by atoms with E-state index in [2.05, 4.69) is 0 Å². The van der Waals surface area contributed by atoms with Gasteiger partial charge in [0.2, 0.25) is 10.0 Å². The molecule has 0 bridgehead atoms. The number of thioether (sulfide) groups is 1. The zero-order chi connectivity index (χ0) is 13.1. The number of halogens is 1. The highest BCUT2D eigenvalue weighted by molar-refractivity contribution is 7.98. The number of nitrogen functional groups attached to an aromatic ring is 1. The van der Waals surface area contributed by atoms with Crippen molar-refractivity contribution in [2.45, 2.75) is 4.90 Å². The third-order valence-corrected chi connectivity index (χ3v) is 4.78. The second-order valence-electron chi connectivity index (χ2n) is 3.50. The van der Waals surface area contributed by atoms with Gasteiger partial charge in [-0.2, -0.15) is 11.8 Å². The van der Waals surface area contributed by atoms with Crippen LogP contribution in [-0.4, -0.2) is 38.3 Å². The quantitative estimate of drug-likeness (QED) is 0.827. The van der Waals surface area contributed by atoms with Gasteiger partial charge in [0.1, 0.15) is 10.7 Å². The van der Waals surface area contributed by atoms with E-state index in [1.807, 2.05) is 6.26 Å². The maximum Gasteiger partial charge on any atom is 0.244 e. The lowest BCUT2D eigenvalue weighted by molar-refractivity contribution is 0.488. The smallest absolute Gasteiger partial charge is 0.244 e. The van der Waals surface area contributed by atoms with Crippen LogP contribution in [-0.2, 0) is 10.0 Å². The standard InChI is InChI=1S/C10H15FN2O2S2/c1-13(5-6-16-2)17(14,15)10-7-8(11)3-4-9(10)12/h3-4,7H,5-6,12H2,1-2H3. The van der Waals surface area contributed by atoms with E-state index in [9.17, 15) is 12.8 Å². The highest BCUT2D eigenvalue weighted by Gasteiger charge is 2.23. The summed E-state index contributed by atoms with van der Waals surface area (Å²) in [6.45, 7) is 0.361. The second kappa shape index (κ2) is 5.70. The molecule has 0 aliphatic heterocycles. The minimum absolute atomic E-state index is 0.0578. The lowest BCUT2D eigenvalue weighted by Crippen LogP contribution is -2.29. The average Bonchev–Trinajstić information content (AvgIpc) is 2.28. The molecule has 0 aliphatic carbocycles. The Balaban J connectivity index is 3.08. The molecule has 0 amide bonds. The molecule has 0 spiro atoms. The Bertz CT molecular complexity index is 491. The van der Waals surface area contributed by atoms with Gasteiger partial charge >= 0.3 is 0 Å². The Morgan fingerprint density at radius 3 is 2.71 bits per heavy atom. The monoisotopic (exact) mass is 278 g/mol. The van der Waals surface area contributed by atoms with Crippen molar-refractivity contribution in [2.24, 2.45) is 0 Å². The number of nitrogens with two attached hydrogens (primary N) is 1. The Labute approximate surface area is 105 Å². The number of benzene rings is 1. The van der Waals surface area contributed by atoms with E-state index in [0.29, 0.717) is 12.3 Å². The molecule has 0 saturated carbocycles. The number of nitrogens with zero attached hydrogens (tertiary/aromatic N) is 1. The maximum absolute atomic E-state index is 13.1. The van der Waals surface area contributed by atoms with E-state index in [1.54, 1.807) is 0 Å². The molecule has 4 nitrogen and oxygen atoms in total. The van der Waals surface area contributed by atoms with Gasteiger partial charge in [-0.25, -0.2) is 17.1 Å². The van der Waals surface area contributed by atoms with E-state index in [4.69, 9.17) is 5.73 Å². The summed E-state index contributed by atoms with van der Waals surface area (Å²) in [5.74, 6) is 0.0568. The fourth-order valence-corrected chi connectivity index (χ4v) is 3.11. The first-order valence-corrected chi connectivity index (χ1v) is 7.73. The van der Waals surface area contributed by atoms with Crippen LogP contribution in [0.1, 0.15) is 0 Å². The number of sulfonamides is 1. The summed E-state index contributed by atoms with van der Waals surface area (Å²) >= 11 is 1.54. The molecule has 7 heteroatoms. The number of hydrogen-bond donors (Lipinski definition) is 1. The van der Waals surface area contributed by atoms with Crippen LogP contribution in [0.2, 0.25) is 0 Å². The summed E-state index contributed by atoms with van der Waals surface area (Å²) in [5, 5.41) is 0. The van der Waals surface area contributed by atoms with Crippen LogP contribution in [0.5, 0.6) is 0 Å². The first-order chi connectivity index (χ1) is 7.89. The van der Waals surface area contributed by atoms with Gasteiger partial charge in [0.15, 0.2) is 0 Å². The van der Waals surface area contributed by atoms with Crippen molar-refractivity contribution in [3.05, 3.63) is 24.0 Å². The summed E-state index contributed by atoms with van der Waals surface area (Å²) in [6, 6.07) is 3.33. The Kier molecular flexibility index (Phi) is 4.79. The van der Waals surface area contributed by atoms with E-state index in [1.165, 1.54) is 29.2 Å². The van der Waals surface area contributed by atoms with Crippen molar-refractivity contribution >= 4 is 27.5 Å². The largest absolute Gasteiger partial charge is 0.398 e. The van der Waals surface area contributed by atoms with Crippen LogP contribution in [0.25, 0.3) is 0 Å². The Morgan fingerprint density at radius 1 is 1.47 bits per heavy atom. The van der Waals surface area contributed by atoms with Crippen molar-refractivity contribution in [1.82, 2.24) is 4.31 Å². The predicted molar refractivity (Wildman–Crippen MR) is 69.0 cm³/mol. The zero-order valence-electron chi connectivity index (χ0n) is 9.68. The molecule has 1 aromatic carbocycles. The predicted octanol–water partition coefficient (Wildman–Crippen LogP) is 1.39. The molecule has 0 atom stereocenters. The molecule has 0 fully saturated rings. The normalized spacial score (nSPS) is 12.0. The van der Waals surface area contributed by atoms with Crippen molar-refractivity contribution in [1.29, 1.82) is 0 Å². The lowest BCUT2D eigenvalue weighted by atomic mass is 10.3. The minimum Gasteiger partial charge on any atom is -0.398 e. The van der Waals surface area contributed by atoms with Gasteiger partial charge in [0.25, 0.3) is 0 Å². The summed E-state index contributed by atoms with van der Waals surface area (Å²) in [5.41, 5.74) is 5.62. The summed E-state index contributed by atoms with van der Waals surface area (Å²) < 4.78 is 38.4. The molecule has 0 heterocycles. The first kappa shape index (κ1) is 14.3. The molecule has 1 aromatic rings. The number of hydrogen-bond acceptors (Lipinski definition) is 4. The Morgan fingerprint density at radius 2 is 2.12 bits per heavy atom. The molecule has 0 unspecified atom stereocenters. The Hall–Kier alpha value is -0.790. The van der Waals surface area contributed by atoms with Gasteiger partial charge in [-0.05, 0) is 24.5 Å². The van der Waals surface area contributed by atoms with Crippen LogP contribution < -0.4 is 5.73 Å². The molecular weight excluding hydrogens is 263 g/mol. The van der Waals surface area contributed by atoms with E-state index < -0.39 is 15.8 Å². The molecule has 0 aromatic heterocycles. The van der Waals surface area contributed by atoms with Gasteiger partial charge in [0, 0.05) is 19.3 Å². The third kappa shape index (κ3) is 3.34. The number of rotatable bonds is 5. The van der Waals surface area contributed by atoms with Crippen molar-refractivity contribution in [3.8, 4) is 0 Å². The van der Waals surface area contributed by atoms with E-state index in [0.717, 1.165) is 12.1 Å². The highest BCUT2D eigenvalue weighted by Crippen LogP contribution is 2.22. The average molecular weight is 278 g/mol. The molecular formula is C10H15FN2O2S2. The molecule has 0 saturated heterocycles. The summed E-state index contributed by atoms with van der Waals surface area (Å²) in [6.07, 6.45) is 1.89. The van der Waals surface area contributed by atoms with Crippen molar-refractivity contribution in [2.75, 3.05) is 31.3 Å². The maximum atomic E-state index is 13.1.